The molecule has 1 heterocycles. The van der Waals surface area contributed by atoms with Crippen molar-refractivity contribution in [1.29, 1.82) is 0 Å². The minimum atomic E-state index is -3.92. The van der Waals surface area contributed by atoms with Crippen LogP contribution in [0, 0.1) is 13.8 Å². The van der Waals surface area contributed by atoms with Gasteiger partial charge in [-0.25, -0.2) is 23.2 Å². The predicted molar refractivity (Wildman–Crippen MR) is 115 cm³/mol. The predicted octanol–water partition coefficient (Wildman–Crippen LogP) is 4.14. The number of ketones is 1. The summed E-state index contributed by atoms with van der Waals surface area (Å²) >= 11 is 6.03. The summed E-state index contributed by atoms with van der Waals surface area (Å²) in [6.45, 7) is 5.00. The molecule has 0 aliphatic carbocycles. The van der Waals surface area contributed by atoms with Crippen LogP contribution in [-0.4, -0.2) is 30.1 Å². The van der Waals surface area contributed by atoms with Gasteiger partial charge >= 0.3 is 5.97 Å². The molecule has 160 valence electrons. The summed E-state index contributed by atoms with van der Waals surface area (Å²) in [6, 6.07) is 11.6. The van der Waals surface area contributed by atoms with Crippen molar-refractivity contribution in [3.8, 4) is 5.75 Å². The van der Waals surface area contributed by atoms with Gasteiger partial charge in [-0.3, -0.25) is 4.79 Å². The Balaban J connectivity index is 1.87. The van der Waals surface area contributed by atoms with Gasteiger partial charge in [-0.1, -0.05) is 41.4 Å². The molecule has 0 radical (unpaired) electrons. The Morgan fingerprint density at radius 3 is 2.35 bits per heavy atom. The first kappa shape index (κ1) is 22.6. The van der Waals surface area contributed by atoms with Crippen LogP contribution in [-0.2, 0) is 15.6 Å². The number of rotatable bonds is 6. The van der Waals surface area contributed by atoms with E-state index in [-0.39, 0.29) is 28.0 Å². The molecule has 31 heavy (non-hydrogen) atoms. The number of aryl methyl sites for hydroxylation is 2. The fourth-order valence-electron chi connectivity index (χ4n) is 2.74. The van der Waals surface area contributed by atoms with Gasteiger partial charge < -0.3 is 4.74 Å². The molecular formula is C22H19ClN2O5S. The molecular weight excluding hydrogens is 440 g/mol. The number of hydrogen-bond acceptors (Lipinski definition) is 7. The summed E-state index contributed by atoms with van der Waals surface area (Å²) in [4.78, 5) is 31.8. The van der Waals surface area contributed by atoms with Gasteiger partial charge in [0.1, 0.15) is 5.75 Å². The molecule has 3 rings (SSSR count). The lowest BCUT2D eigenvalue weighted by Crippen LogP contribution is -2.17. The van der Waals surface area contributed by atoms with Crippen molar-refractivity contribution in [3.63, 3.8) is 0 Å². The summed E-state index contributed by atoms with van der Waals surface area (Å²) < 4.78 is 30.8. The van der Waals surface area contributed by atoms with Gasteiger partial charge in [0.05, 0.1) is 17.0 Å². The third-order valence-electron chi connectivity index (χ3n) is 4.45. The Morgan fingerprint density at radius 2 is 1.74 bits per heavy atom. The van der Waals surface area contributed by atoms with Gasteiger partial charge in [-0.15, -0.1) is 0 Å². The van der Waals surface area contributed by atoms with Crippen LogP contribution in [0.15, 0.2) is 53.8 Å². The molecule has 2 aromatic carbocycles. The Hall–Kier alpha value is -3.10. The highest BCUT2D eigenvalue weighted by atomic mass is 35.5. The zero-order valence-electron chi connectivity index (χ0n) is 17.0. The fraction of sp³-hybridized carbons (Fsp3) is 0.182. The fourth-order valence-corrected chi connectivity index (χ4v) is 4.12. The molecule has 7 nitrogen and oxygen atoms in total. The summed E-state index contributed by atoms with van der Waals surface area (Å²) in [5, 5.41) is -0.662. The lowest BCUT2D eigenvalue weighted by atomic mass is 10.1. The standard InChI is InChI=1S/C22H19ClN2O5S/c1-13-4-6-16(7-5-13)12-31(28,29)22-24-11-18(23)20(25-22)21(27)30-19-9-8-17(15(3)26)10-14(19)2/h4-11H,12H2,1-3H3. The first-order valence-electron chi connectivity index (χ1n) is 9.21. The molecule has 0 unspecified atom stereocenters. The molecule has 9 heteroatoms. The van der Waals surface area contributed by atoms with Crippen molar-refractivity contribution in [3.05, 3.63) is 81.6 Å². The Kier molecular flexibility index (Phi) is 6.52. The average Bonchev–Trinajstić information content (AvgIpc) is 2.71. The van der Waals surface area contributed by atoms with Crippen molar-refractivity contribution < 1.29 is 22.7 Å². The van der Waals surface area contributed by atoms with E-state index in [1.165, 1.54) is 19.1 Å². The molecule has 0 fully saturated rings. The van der Waals surface area contributed by atoms with E-state index in [4.69, 9.17) is 16.3 Å². The average molecular weight is 459 g/mol. The van der Waals surface area contributed by atoms with E-state index in [0.29, 0.717) is 16.7 Å². The molecule has 0 aliphatic rings. The van der Waals surface area contributed by atoms with E-state index in [1.54, 1.807) is 37.3 Å². The number of esters is 1. The molecule has 0 N–H and O–H groups in total. The van der Waals surface area contributed by atoms with Crippen LogP contribution >= 0.6 is 11.6 Å². The van der Waals surface area contributed by atoms with E-state index < -0.39 is 21.0 Å². The second-order valence-corrected chi connectivity index (χ2v) is 9.31. The van der Waals surface area contributed by atoms with Gasteiger partial charge in [0.25, 0.3) is 0 Å². The second kappa shape index (κ2) is 8.95. The minimum Gasteiger partial charge on any atom is -0.421 e. The number of nitrogens with zero attached hydrogens (tertiary/aromatic N) is 2. The number of benzene rings is 2. The molecule has 0 saturated heterocycles. The van der Waals surface area contributed by atoms with E-state index in [1.807, 2.05) is 6.92 Å². The number of aromatic nitrogens is 2. The van der Waals surface area contributed by atoms with Crippen molar-refractivity contribution in [2.24, 2.45) is 0 Å². The van der Waals surface area contributed by atoms with E-state index in [9.17, 15) is 18.0 Å². The molecule has 0 amide bonds. The third kappa shape index (κ3) is 5.34. The monoisotopic (exact) mass is 458 g/mol. The maximum atomic E-state index is 12.7. The topological polar surface area (TPSA) is 103 Å². The normalized spacial score (nSPS) is 11.2. The van der Waals surface area contributed by atoms with Crippen LogP contribution in [0.5, 0.6) is 5.75 Å². The second-order valence-electron chi connectivity index (χ2n) is 7.02. The van der Waals surface area contributed by atoms with E-state index >= 15 is 0 Å². The van der Waals surface area contributed by atoms with Gasteiger partial charge in [0, 0.05) is 5.56 Å². The first-order valence-corrected chi connectivity index (χ1v) is 11.2. The van der Waals surface area contributed by atoms with E-state index in [2.05, 4.69) is 9.97 Å². The summed E-state index contributed by atoms with van der Waals surface area (Å²) in [6.07, 6.45) is 1.05. The number of hydrogen-bond donors (Lipinski definition) is 0. The zero-order chi connectivity index (χ0) is 22.8. The Labute approximate surface area is 185 Å². The molecule has 3 aromatic rings. The van der Waals surface area contributed by atoms with Crippen LogP contribution < -0.4 is 4.74 Å². The molecule has 1 aromatic heterocycles. The van der Waals surface area contributed by atoms with Crippen LogP contribution in [0.4, 0.5) is 0 Å². The molecule has 0 bridgehead atoms. The SMILES string of the molecule is CC(=O)c1ccc(OC(=O)c2nc(S(=O)(=O)Cc3ccc(C)cc3)ncc2Cl)c(C)c1. The zero-order valence-corrected chi connectivity index (χ0v) is 18.6. The molecule has 0 atom stereocenters. The van der Waals surface area contributed by atoms with Crippen LogP contribution in [0.25, 0.3) is 0 Å². The largest absolute Gasteiger partial charge is 0.421 e. The number of halogens is 1. The lowest BCUT2D eigenvalue weighted by Gasteiger charge is -2.10. The highest BCUT2D eigenvalue weighted by molar-refractivity contribution is 7.90. The van der Waals surface area contributed by atoms with Gasteiger partial charge in [0.2, 0.25) is 15.0 Å². The van der Waals surface area contributed by atoms with Crippen LogP contribution in [0.3, 0.4) is 0 Å². The first-order chi connectivity index (χ1) is 14.6. The summed E-state index contributed by atoms with van der Waals surface area (Å²) in [5.74, 6) is -1.18. The highest BCUT2D eigenvalue weighted by Gasteiger charge is 2.24. The summed E-state index contributed by atoms with van der Waals surface area (Å²) in [5.41, 5.74) is 2.23. The quantitative estimate of drug-likeness (QED) is 0.236. The summed E-state index contributed by atoms with van der Waals surface area (Å²) in [7, 11) is -3.92. The molecule has 0 spiro atoms. The van der Waals surface area contributed by atoms with E-state index in [0.717, 1.165) is 11.8 Å². The van der Waals surface area contributed by atoms with Crippen LogP contribution in [0.1, 0.15) is 44.5 Å². The maximum Gasteiger partial charge on any atom is 0.364 e. The number of carbonyl (C=O) groups excluding carboxylic acids is 2. The number of Topliss-reactive ketones (excluding diaryl/α,β-unsaturated/α-hetero) is 1. The number of sulfone groups is 1. The smallest absolute Gasteiger partial charge is 0.364 e. The van der Waals surface area contributed by atoms with Crippen molar-refractivity contribution in [1.82, 2.24) is 9.97 Å². The number of ether oxygens (including phenoxy) is 1. The highest BCUT2D eigenvalue weighted by Crippen LogP contribution is 2.23. The third-order valence-corrected chi connectivity index (χ3v) is 6.20. The number of carbonyl (C=O) groups is 2. The minimum absolute atomic E-state index is 0.122. The van der Waals surface area contributed by atoms with Gasteiger partial charge in [0.15, 0.2) is 11.5 Å². The molecule has 0 saturated carbocycles. The van der Waals surface area contributed by atoms with Crippen molar-refractivity contribution in [2.45, 2.75) is 31.7 Å². The lowest BCUT2D eigenvalue weighted by molar-refractivity contribution is 0.0726. The van der Waals surface area contributed by atoms with Gasteiger partial charge in [-0.05, 0) is 50.1 Å². The Morgan fingerprint density at radius 1 is 1.06 bits per heavy atom. The Bertz CT molecular complexity index is 1270. The van der Waals surface area contributed by atoms with Crippen molar-refractivity contribution >= 4 is 33.2 Å². The van der Waals surface area contributed by atoms with Gasteiger partial charge in [-0.2, -0.15) is 0 Å². The van der Waals surface area contributed by atoms with Crippen LogP contribution in [0.2, 0.25) is 5.02 Å². The van der Waals surface area contributed by atoms with Crippen molar-refractivity contribution in [2.75, 3.05) is 0 Å². The molecule has 0 aliphatic heterocycles. The maximum absolute atomic E-state index is 12.7.